The molecule has 32 heavy (non-hydrogen) atoms. The van der Waals surface area contributed by atoms with Gasteiger partial charge in [-0.25, -0.2) is 4.39 Å². The van der Waals surface area contributed by atoms with Gasteiger partial charge in [-0.15, -0.1) is 0 Å². The van der Waals surface area contributed by atoms with Gasteiger partial charge in [0.1, 0.15) is 5.82 Å². The zero-order valence-electron chi connectivity index (χ0n) is 18.6. The summed E-state index contributed by atoms with van der Waals surface area (Å²) in [7, 11) is 0. The molecule has 2 N–H and O–H groups in total. The lowest BCUT2D eigenvalue weighted by Gasteiger charge is -2.36. The number of fused-ring (bicyclic) bond motifs is 1. The summed E-state index contributed by atoms with van der Waals surface area (Å²) in [5.41, 5.74) is 4.53. The Kier molecular flexibility index (Phi) is 5.37. The standard InChI is InChI=1S/C25H29FN4O2/c1-15-22(14-20-19-13-17(26)5-6-21(19)28-24(20)31)27-16(2)23(15)25(32)30-11-7-18(8-12-30)29-9-3-4-10-29/h5-6,13-14,18,27H,3-4,7-12H2,1-2H3,(H,28,31). The fourth-order valence-corrected chi connectivity index (χ4v) is 5.39. The van der Waals surface area contributed by atoms with Gasteiger partial charge in [0.05, 0.1) is 11.1 Å². The van der Waals surface area contributed by atoms with Crippen LogP contribution in [0.5, 0.6) is 0 Å². The highest BCUT2D eigenvalue weighted by Gasteiger charge is 2.31. The topological polar surface area (TPSA) is 68.4 Å². The number of hydrogen-bond donors (Lipinski definition) is 2. The monoisotopic (exact) mass is 436 g/mol. The number of anilines is 1. The second-order valence-corrected chi connectivity index (χ2v) is 9.13. The van der Waals surface area contributed by atoms with Gasteiger partial charge in [-0.1, -0.05) is 0 Å². The lowest BCUT2D eigenvalue weighted by molar-refractivity contribution is -0.110. The Balaban J connectivity index is 1.37. The number of amides is 2. The highest BCUT2D eigenvalue weighted by molar-refractivity contribution is 6.34. The number of benzene rings is 1. The second-order valence-electron chi connectivity index (χ2n) is 9.13. The number of nitrogens with zero attached hydrogens (tertiary/aromatic N) is 2. The first kappa shape index (κ1) is 20.9. The van der Waals surface area contributed by atoms with Crippen LogP contribution in [-0.4, -0.2) is 58.8 Å². The molecule has 6 nitrogen and oxygen atoms in total. The number of hydrogen-bond acceptors (Lipinski definition) is 3. The molecule has 0 aliphatic carbocycles. The predicted octanol–water partition coefficient (Wildman–Crippen LogP) is 3.96. The van der Waals surface area contributed by atoms with E-state index in [9.17, 15) is 14.0 Å². The van der Waals surface area contributed by atoms with Crippen LogP contribution in [-0.2, 0) is 4.79 Å². The molecule has 3 aliphatic heterocycles. The van der Waals surface area contributed by atoms with Crippen LogP contribution >= 0.6 is 0 Å². The number of halogens is 1. The average Bonchev–Trinajstić information content (AvgIpc) is 3.48. The minimum atomic E-state index is -0.390. The van der Waals surface area contributed by atoms with Crippen molar-refractivity contribution in [2.24, 2.45) is 0 Å². The van der Waals surface area contributed by atoms with E-state index in [-0.39, 0.29) is 11.8 Å². The van der Waals surface area contributed by atoms with Crippen LogP contribution in [0.2, 0.25) is 0 Å². The van der Waals surface area contributed by atoms with Crippen molar-refractivity contribution in [1.82, 2.24) is 14.8 Å². The van der Waals surface area contributed by atoms with Gasteiger partial charge in [0.2, 0.25) is 0 Å². The minimum Gasteiger partial charge on any atom is -0.358 e. The third kappa shape index (κ3) is 3.64. The van der Waals surface area contributed by atoms with Crippen molar-refractivity contribution < 1.29 is 14.0 Å². The summed E-state index contributed by atoms with van der Waals surface area (Å²) in [6.07, 6.45) is 6.34. The summed E-state index contributed by atoms with van der Waals surface area (Å²) in [6, 6.07) is 4.85. The number of carbonyl (C=O) groups is 2. The Morgan fingerprint density at radius 3 is 2.56 bits per heavy atom. The van der Waals surface area contributed by atoms with Crippen molar-refractivity contribution in [1.29, 1.82) is 0 Å². The molecule has 1 aromatic carbocycles. The van der Waals surface area contributed by atoms with Crippen LogP contribution in [0, 0.1) is 19.7 Å². The fourth-order valence-electron chi connectivity index (χ4n) is 5.39. The van der Waals surface area contributed by atoms with E-state index >= 15 is 0 Å². The lowest BCUT2D eigenvalue weighted by Crippen LogP contribution is -2.46. The maximum Gasteiger partial charge on any atom is 0.256 e. The molecule has 3 aliphatic rings. The maximum absolute atomic E-state index is 13.8. The van der Waals surface area contributed by atoms with E-state index in [0.29, 0.717) is 34.1 Å². The summed E-state index contributed by atoms with van der Waals surface area (Å²) >= 11 is 0. The number of piperidine rings is 1. The zero-order valence-corrected chi connectivity index (χ0v) is 18.6. The SMILES string of the molecule is Cc1[nH]c(C=C2C(=O)Nc3ccc(F)cc32)c(C)c1C(=O)N1CCC(N2CCCC2)CC1. The average molecular weight is 437 g/mol. The summed E-state index contributed by atoms with van der Waals surface area (Å²) in [5.74, 6) is -0.615. The first-order chi connectivity index (χ1) is 15.4. The van der Waals surface area contributed by atoms with Crippen molar-refractivity contribution in [2.45, 2.75) is 45.6 Å². The van der Waals surface area contributed by atoms with E-state index in [1.54, 1.807) is 12.1 Å². The van der Waals surface area contributed by atoms with Gasteiger partial charge < -0.3 is 20.1 Å². The van der Waals surface area contributed by atoms with Gasteiger partial charge in [-0.3, -0.25) is 9.59 Å². The summed E-state index contributed by atoms with van der Waals surface area (Å²) in [6.45, 7) is 7.71. The molecule has 0 saturated carbocycles. The van der Waals surface area contributed by atoms with Gasteiger partial charge in [0, 0.05) is 41.8 Å². The van der Waals surface area contributed by atoms with E-state index in [1.807, 2.05) is 18.7 Å². The van der Waals surface area contributed by atoms with E-state index in [2.05, 4.69) is 15.2 Å². The van der Waals surface area contributed by atoms with Gasteiger partial charge in [0.25, 0.3) is 11.8 Å². The third-order valence-electron chi connectivity index (χ3n) is 7.15. The number of aromatic amines is 1. The van der Waals surface area contributed by atoms with Crippen LogP contribution in [0.3, 0.4) is 0 Å². The van der Waals surface area contributed by atoms with Crippen molar-refractivity contribution in [3.63, 3.8) is 0 Å². The quantitative estimate of drug-likeness (QED) is 0.716. The van der Waals surface area contributed by atoms with Crippen LogP contribution < -0.4 is 5.32 Å². The molecule has 0 bridgehead atoms. The number of aromatic nitrogens is 1. The molecule has 168 valence electrons. The molecule has 4 heterocycles. The Hall–Kier alpha value is -2.93. The van der Waals surface area contributed by atoms with Crippen LogP contribution in [0.15, 0.2) is 18.2 Å². The first-order valence-corrected chi connectivity index (χ1v) is 11.5. The second kappa shape index (κ2) is 8.20. The summed E-state index contributed by atoms with van der Waals surface area (Å²) in [4.78, 5) is 33.7. The molecule has 2 fully saturated rings. The molecule has 1 aromatic heterocycles. The number of H-pyrrole nitrogens is 1. The van der Waals surface area contributed by atoms with Gasteiger partial charge in [-0.2, -0.15) is 0 Å². The van der Waals surface area contributed by atoms with E-state index in [0.717, 1.165) is 37.2 Å². The molecule has 2 amide bonds. The van der Waals surface area contributed by atoms with Crippen LogP contribution in [0.4, 0.5) is 10.1 Å². The van der Waals surface area contributed by atoms with E-state index in [4.69, 9.17) is 0 Å². The van der Waals surface area contributed by atoms with Crippen LogP contribution in [0.25, 0.3) is 11.6 Å². The number of aryl methyl sites for hydroxylation is 1. The molecule has 0 unspecified atom stereocenters. The number of likely N-dealkylation sites (tertiary alicyclic amines) is 2. The minimum absolute atomic E-state index is 0.0445. The van der Waals surface area contributed by atoms with E-state index < -0.39 is 5.82 Å². The van der Waals surface area contributed by atoms with Gasteiger partial charge in [0.15, 0.2) is 0 Å². The zero-order chi connectivity index (χ0) is 22.4. The summed E-state index contributed by atoms with van der Waals surface area (Å²) < 4.78 is 13.8. The molecular formula is C25H29FN4O2. The predicted molar refractivity (Wildman–Crippen MR) is 123 cm³/mol. The van der Waals surface area contributed by atoms with Gasteiger partial charge >= 0.3 is 0 Å². The normalized spacial score (nSPS) is 20.8. The molecule has 0 radical (unpaired) electrons. The number of rotatable bonds is 3. The number of nitrogens with one attached hydrogen (secondary N) is 2. The first-order valence-electron chi connectivity index (χ1n) is 11.5. The van der Waals surface area contributed by atoms with E-state index in [1.165, 1.54) is 38.1 Å². The molecule has 7 heteroatoms. The third-order valence-corrected chi connectivity index (χ3v) is 7.15. The maximum atomic E-state index is 13.8. The van der Waals surface area contributed by atoms with Crippen LogP contribution in [0.1, 0.15) is 58.6 Å². The highest BCUT2D eigenvalue weighted by atomic mass is 19.1. The molecule has 2 saturated heterocycles. The largest absolute Gasteiger partial charge is 0.358 e. The Bertz CT molecular complexity index is 1110. The van der Waals surface area contributed by atoms with Crippen molar-refractivity contribution >= 4 is 29.2 Å². The molecule has 0 atom stereocenters. The van der Waals surface area contributed by atoms with Crippen molar-refractivity contribution in [3.05, 3.63) is 52.1 Å². The Morgan fingerprint density at radius 1 is 1.12 bits per heavy atom. The lowest BCUT2D eigenvalue weighted by atomic mass is 10.0. The molecule has 5 rings (SSSR count). The molecular weight excluding hydrogens is 407 g/mol. The smallest absolute Gasteiger partial charge is 0.256 e. The molecule has 0 spiro atoms. The molecule has 2 aromatic rings. The Morgan fingerprint density at radius 2 is 1.84 bits per heavy atom. The Labute approximate surface area is 187 Å². The van der Waals surface area contributed by atoms with Crippen molar-refractivity contribution in [2.75, 3.05) is 31.5 Å². The highest BCUT2D eigenvalue weighted by Crippen LogP contribution is 2.34. The van der Waals surface area contributed by atoms with Crippen molar-refractivity contribution in [3.8, 4) is 0 Å². The summed E-state index contributed by atoms with van der Waals surface area (Å²) in [5, 5.41) is 2.77. The number of carbonyl (C=O) groups excluding carboxylic acids is 2. The van der Waals surface area contributed by atoms with Gasteiger partial charge in [-0.05, 0) is 82.5 Å². The fraction of sp³-hybridized carbons (Fsp3) is 0.440.